The minimum absolute atomic E-state index is 0.0295. The summed E-state index contributed by atoms with van der Waals surface area (Å²) in [5.74, 6) is 0.799. The maximum Gasteiger partial charge on any atom is 0.234 e. The van der Waals surface area contributed by atoms with Crippen LogP contribution in [0.2, 0.25) is 0 Å². The highest BCUT2D eigenvalue weighted by Crippen LogP contribution is 2.22. The van der Waals surface area contributed by atoms with Gasteiger partial charge in [-0.2, -0.15) is 5.10 Å². The van der Waals surface area contributed by atoms with Gasteiger partial charge in [-0.25, -0.2) is 0 Å². The quantitative estimate of drug-likeness (QED) is 0.747. The lowest BCUT2D eigenvalue weighted by molar-refractivity contribution is -0.121. The second-order valence-electron chi connectivity index (χ2n) is 5.65. The Morgan fingerprint density at radius 1 is 1.39 bits per heavy atom. The summed E-state index contributed by atoms with van der Waals surface area (Å²) in [7, 11) is 5.63. The van der Waals surface area contributed by atoms with E-state index in [1.54, 1.807) is 4.68 Å². The summed E-state index contributed by atoms with van der Waals surface area (Å²) in [5.41, 5.74) is 2.06. The monoisotopic (exact) mass is 315 g/mol. The summed E-state index contributed by atoms with van der Waals surface area (Å²) < 4.78 is 7.48. The molecule has 1 N–H and O–H groups in total. The second-order valence-corrected chi connectivity index (χ2v) is 5.65. The van der Waals surface area contributed by atoms with Gasteiger partial charge < -0.3 is 15.0 Å². The highest BCUT2D eigenvalue weighted by Gasteiger charge is 2.04. The molecule has 0 bridgehead atoms. The first-order chi connectivity index (χ1) is 11.0. The van der Waals surface area contributed by atoms with Crippen molar-refractivity contribution in [3.8, 4) is 16.9 Å². The van der Waals surface area contributed by atoms with Gasteiger partial charge in [-0.3, -0.25) is 9.48 Å². The van der Waals surface area contributed by atoms with E-state index in [4.69, 9.17) is 4.74 Å². The molecular formula is C17H23N4O2. The van der Waals surface area contributed by atoms with Crippen LogP contribution in [-0.4, -0.2) is 54.4 Å². The molecule has 0 saturated heterocycles. The summed E-state index contributed by atoms with van der Waals surface area (Å²) in [6.07, 6.45) is 4.52. The van der Waals surface area contributed by atoms with Crippen molar-refractivity contribution in [2.45, 2.75) is 6.42 Å². The molecule has 6 nitrogen and oxygen atoms in total. The molecule has 0 aliphatic carbocycles. The fourth-order valence-electron chi connectivity index (χ4n) is 2.10. The Kier molecular flexibility index (Phi) is 6.17. The van der Waals surface area contributed by atoms with Crippen molar-refractivity contribution >= 4 is 5.91 Å². The molecule has 0 aliphatic heterocycles. The van der Waals surface area contributed by atoms with E-state index in [-0.39, 0.29) is 5.91 Å². The number of hydrogen-bond acceptors (Lipinski definition) is 4. The third-order valence-corrected chi connectivity index (χ3v) is 3.17. The fraction of sp³-hybridized carbons (Fsp3) is 0.412. The van der Waals surface area contributed by atoms with E-state index in [1.807, 2.05) is 56.6 Å². The van der Waals surface area contributed by atoms with E-state index in [1.165, 1.54) is 0 Å². The zero-order valence-corrected chi connectivity index (χ0v) is 13.9. The number of amides is 1. The van der Waals surface area contributed by atoms with Crippen LogP contribution in [-0.2, 0) is 11.8 Å². The van der Waals surface area contributed by atoms with Crippen LogP contribution in [0.15, 0.2) is 30.6 Å². The van der Waals surface area contributed by atoms with Crippen molar-refractivity contribution in [2.75, 3.05) is 33.8 Å². The van der Waals surface area contributed by atoms with Gasteiger partial charge in [-0.05, 0) is 50.3 Å². The smallest absolute Gasteiger partial charge is 0.234 e. The van der Waals surface area contributed by atoms with Crippen molar-refractivity contribution in [1.29, 1.82) is 0 Å². The highest BCUT2D eigenvalue weighted by atomic mass is 16.5. The van der Waals surface area contributed by atoms with E-state index in [9.17, 15) is 4.79 Å². The van der Waals surface area contributed by atoms with Gasteiger partial charge in [0.15, 0.2) is 0 Å². The number of hydrogen-bond donors (Lipinski definition) is 1. The van der Waals surface area contributed by atoms with Gasteiger partial charge in [0.1, 0.15) is 5.75 Å². The topological polar surface area (TPSA) is 59.4 Å². The molecule has 1 heterocycles. The van der Waals surface area contributed by atoms with Crippen LogP contribution in [0.5, 0.6) is 5.75 Å². The molecular weight excluding hydrogens is 292 g/mol. The van der Waals surface area contributed by atoms with E-state index >= 15 is 0 Å². The van der Waals surface area contributed by atoms with Crippen LogP contribution in [0.4, 0.5) is 0 Å². The zero-order chi connectivity index (χ0) is 16.7. The van der Waals surface area contributed by atoms with Crippen LogP contribution < -0.4 is 10.1 Å². The first-order valence-corrected chi connectivity index (χ1v) is 7.59. The molecule has 0 aliphatic rings. The van der Waals surface area contributed by atoms with E-state index < -0.39 is 0 Å². The number of likely N-dealkylation sites (N-methyl/N-ethyl adjacent to an activating group) is 1. The summed E-state index contributed by atoms with van der Waals surface area (Å²) in [6.45, 7) is 1.56. The van der Waals surface area contributed by atoms with Crippen LogP contribution in [0.25, 0.3) is 11.1 Å². The molecule has 0 saturated carbocycles. The van der Waals surface area contributed by atoms with Crippen LogP contribution >= 0.6 is 0 Å². The predicted molar refractivity (Wildman–Crippen MR) is 89.2 cm³/mol. The van der Waals surface area contributed by atoms with Crippen molar-refractivity contribution in [2.24, 2.45) is 7.05 Å². The number of rotatable bonds is 8. The lowest BCUT2D eigenvalue weighted by Gasteiger charge is -2.10. The molecule has 0 atom stereocenters. The van der Waals surface area contributed by atoms with Gasteiger partial charge in [0.25, 0.3) is 0 Å². The molecule has 1 amide bonds. The Labute approximate surface area is 137 Å². The summed E-state index contributed by atoms with van der Waals surface area (Å²) >= 11 is 0. The Balaban J connectivity index is 1.75. The van der Waals surface area contributed by atoms with Gasteiger partial charge in [0, 0.05) is 25.4 Å². The summed E-state index contributed by atoms with van der Waals surface area (Å²) in [4.78, 5) is 13.3. The standard InChI is InChI=1S/C17H23N4O2/c1-20(2)13-17(22)18-8-5-9-23-16-7-4-6-14(10-16)15-11-19-21(3)12-15/h6-7,10-12H,5,8-9,13H2,1-3H3,(H,18,22). The largest absolute Gasteiger partial charge is 0.493 e. The maximum atomic E-state index is 11.5. The molecule has 0 unspecified atom stereocenters. The minimum atomic E-state index is 0.0295. The number of nitrogens with one attached hydrogen (secondary N) is 1. The molecule has 6 heteroatoms. The summed E-state index contributed by atoms with van der Waals surface area (Å²) in [6, 6.07) is 8.77. The van der Waals surface area contributed by atoms with Crippen molar-refractivity contribution in [1.82, 2.24) is 20.0 Å². The number of aryl methyl sites for hydroxylation is 1. The lowest BCUT2D eigenvalue weighted by Crippen LogP contribution is -2.34. The Morgan fingerprint density at radius 3 is 2.91 bits per heavy atom. The molecule has 0 fully saturated rings. The molecule has 1 radical (unpaired) electrons. The Morgan fingerprint density at radius 2 is 2.22 bits per heavy atom. The van der Waals surface area contributed by atoms with Crippen molar-refractivity contribution < 1.29 is 9.53 Å². The lowest BCUT2D eigenvalue weighted by atomic mass is 10.1. The molecule has 2 rings (SSSR count). The van der Waals surface area contributed by atoms with E-state index in [0.29, 0.717) is 19.7 Å². The number of nitrogens with zero attached hydrogens (tertiary/aromatic N) is 3. The molecule has 2 aromatic rings. The molecule has 1 aromatic heterocycles. The Bertz CT molecular complexity index is 637. The van der Waals surface area contributed by atoms with E-state index in [2.05, 4.69) is 16.5 Å². The van der Waals surface area contributed by atoms with Gasteiger partial charge in [0.2, 0.25) is 5.91 Å². The SMILES string of the molecule is CN(C)CC(=O)NCCCOc1c[c]cc(-c2cnn(C)c2)c1. The third-order valence-electron chi connectivity index (χ3n) is 3.17. The van der Waals surface area contributed by atoms with E-state index in [0.717, 1.165) is 23.3 Å². The molecule has 1 aromatic carbocycles. The van der Waals surface area contributed by atoms with Crippen LogP contribution in [0, 0.1) is 6.07 Å². The first-order valence-electron chi connectivity index (χ1n) is 7.59. The number of aromatic nitrogens is 2. The van der Waals surface area contributed by atoms with Gasteiger partial charge in [0.05, 0.1) is 19.3 Å². The first kappa shape index (κ1) is 17.0. The van der Waals surface area contributed by atoms with Gasteiger partial charge in [-0.15, -0.1) is 0 Å². The zero-order valence-electron chi connectivity index (χ0n) is 13.9. The van der Waals surface area contributed by atoms with Crippen molar-refractivity contribution in [3.05, 3.63) is 36.7 Å². The molecule has 0 spiro atoms. The average Bonchev–Trinajstić information content (AvgIpc) is 2.93. The minimum Gasteiger partial charge on any atom is -0.493 e. The molecule has 23 heavy (non-hydrogen) atoms. The van der Waals surface area contributed by atoms with Crippen molar-refractivity contribution in [3.63, 3.8) is 0 Å². The Hall–Kier alpha value is -2.34. The normalized spacial score (nSPS) is 10.8. The maximum absolute atomic E-state index is 11.5. The number of benzene rings is 1. The third kappa shape index (κ3) is 5.75. The second kappa shape index (κ2) is 8.33. The van der Waals surface area contributed by atoms with Gasteiger partial charge in [-0.1, -0.05) is 0 Å². The number of carbonyl (C=O) groups is 1. The van der Waals surface area contributed by atoms with Crippen LogP contribution in [0.1, 0.15) is 6.42 Å². The van der Waals surface area contributed by atoms with Gasteiger partial charge >= 0.3 is 0 Å². The molecule has 123 valence electrons. The predicted octanol–water partition coefficient (Wildman–Crippen LogP) is 1.33. The fourth-order valence-corrected chi connectivity index (χ4v) is 2.10. The average molecular weight is 315 g/mol. The van der Waals surface area contributed by atoms with Crippen LogP contribution in [0.3, 0.4) is 0 Å². The number of carbonyl (C=O) groups excluding carboxylic acids is 1. The summed E-state index contributed by atoms with van der Waals surface area (Å²) in [5, 5.41) is 7.03. The number of ether oxygens (including phenoxy) is 1. The highest BCUT2D eigenvalue weighted by molar-refractivity contribution is 5.77.